The van der Waals surface area contributed by atoms with E-state index in [9.17, 15) is 19.5 Å². The van der Waals surface area contributed by atoms with Gasteiger partial charge in [-0.15, -0.1) is 0 Å². The minimum Gasteiger partial charge on any atom is -0.491 e. The van der Waals surface area contributed by atoms with Crippen molar-refractivity contribution in [1.82, 2.24) is 5.32 Å². The second-order valence-electron chi connectivity index (χ2n) is 14.5. The summed E-state index contributed by atoms with van der Waals surface area (Å²) in [6.07, 6.45) is 10.1. The number of nitrogens with two attached hydrogens (primary N) is 1. The zero-order chi connectivity index (χ0) is 38.8. The Morgan fingerprint density at radius 3 is 2.33 bits per heavy atom. The minimum absolute atomic E-state index is 0.212. The van der Waals surface area contributed by atoms with Crippen LogP contribution < -0.4 is 20.5 Å². The highest BCUT2D eigenvalue weighted by Gasteiger charge is 2.45. The van der Waals surface area contributed by atoms with Crippen LogP contribution in [0.5, 0.6) is 11.5 Å². The number of rotatable bonds is 21. The number of primary amides is 1. The van der Waals surface area contributed by atoms with E-state index in [0.717, 1.165) is 49.8 Å². The lowest BCUT2D eigenvalue weighted by Gasteiger charge is -2.32. The number of hydrogen-bond donors (Lipinski definition) is 3. The predicted octanol–water partition coefficient (Wildman–Crippen LogP) is 4.91. The minimum atomic E-state index is -0.820. The quantitative estimate of drug-likeness (QED) is 0.0682. The van der Waals surface area contributed by atoms with E-state index in [1.165, 1.54) is 6.92 Å². The van der Waals surface area contributed by atoms with Gasteiger partial charge in [-0.2, -0.15) is 0 Å². The van der Waals surface area contributed by atoms with Crippen molar-refractivity contribution in [1.29, 1.82) is 0 Å². The molecule has 3 unspecified atom stereocenters. The van der Waals surface area contributed by atoms with Crippen LogP contribution >= 0.6 is 0 Å². The molecule has 302 valence electrons. The molecule has 2 aliphatic heterocycles. The molecule has 2 saturated heterocycles. The zero-order valence-corrected chi connectivity index (χ0v) is 31.9. The number of aliphatic hydroxyl groups is 1. The number of esters is 1. The molecular weight excluding hydrogens is 708 g/mol. The summed E-state index contributed by atoms with van der Waals surface area (Å²) in [6.45, 7) is 3.17. The van der Waals surface area contributed by atoms with Gasteiger partial charge in [0, 0.05) is 45.3 Å². The molecule has 2 heterocycles. The van der Waals surface area contributed by atoms with Crippen LogP contribution in [0.1, 0.15) is 83.1 Å². The third kappa shape index (κ3) is 14.6. The zero-order valence-electron chi connectivity index (χ0n) is 31.9. The number of para-hydroxylation sites is 1. The lowest BCUT2D eigenvalue weighted by atomic mass is 9.98. The van der Waals surface area contributed by atoms with Crippen LogP contribution in [-0.2, 0) is 44.5 Å². The number of amides is 2. The van der Waals surface area contributed by atoms with Crippen molar-refractivity contribution < 1.29 is 52.6 Å². The molecule has 3 fully saturated rings. The number of unbranched alkanes of at least 4 members (excludes halogenated alkanes) is 1. The summed E-state index contributed by atoms with van der Waals surface area (Å²) in [7, 11) is 0. The third-order valence-electron chi connectivity index (χ3n) is 10.00. The summed E-state index contributed by atoms with van der Waals surface area (Å²) < 4.78 is 42.7. The molecule has 2 aromatic carbocycles. The molecule has 2 aromatic rings. The highest BCUT2D eigenvalue weighted by molar-refractivity contribution is 5.85. The van der Waals surface area contributed by atoms with Gasteiger partial charge in [-0.3, -0.25) is 14.4 Å². The van der Waals surface area contributed by atoms with Crippen LogP contribution in [0.2, 0.25) is 0 Å². The summed E-state index contributed by atoms with van der Waals surface area (Å²) in [5, 5.41) is 13.8. The van der Waals surface area contributed by atoms with Crippen molar-refractivity contribution in [2.75, 3.05) is 26.4 Å². The molecule has 8 atom stereocenters. The highest BCUT2D eigenvalue weighted by atomic mass is 16.7. The molecular formula is C42H58N2O11. The van der Waals surface area contributed by atoms with Gasteiger partial charge in [0.05, 0.1) is 24.9 Å². The SMILES string of the molecule is CC(=O)NC(Cc1ccc(OC(=O)CCC/C=C\C[C@@H]2[C@@H](OCC(COc3ccccc3)OC3CCCCO3)[C@H](O[C@H]3CCCCO3)C[C@@H]2O)cc1)C(N)=O. The molecule has 4 N–H and O–H groups in total. The first-order chi connectivity index (χ1) is 26.7. The Labute approximate surface area is 324 Å². The number of nitrogens with one attached hydrogen (secondary N) is 1. The Balaban J connectivity index is 1.11. The number of carbonyl (C=O) groups excluding carboxylic acids is 3. The van der Waals surface area contributed by atoms with Gasteiger partial charge in [0.15, 0.2) is 12.6 Å². The lowest BCUT2D eigenvalue weighted by Crippen LogP contribution is -2.44. The van der Waals surface area contributed by atoms with Crippen molar-refractivity contribution in [2.45, 2.75) is 127 Å². The van der Waals surface area contributed by atoms with Crippen molar-refractivity contribution in [3.63, 3.8) is 0 Å². The second kappa shape index (κ2) is 22.6. The Hall–Kier alpha value is -3.85. The van der Waals surface area contributed by atoms with Gasteiger partial charge in [-0.25, -0.2) is 0 Å². The molecule has 0 spiro atoms. The maximum absolute atomic E-state index is 12.5. The Kier molecular flexibility index (Phi) is 17.4. The number of hydrogen-bond acceptors (Lipinski definition) is 11. The molecule has 0 aromatic heterocycles. The summed E-state index contributed by atoms with van der Waals surface area (Å²) in [6, 6.07) is 15.5. The van der Waals surface area contributed by atoms with Crippen molar-refractivity contribution in [3.8, 4) is 11.5 Å². The van der Waals surface area contributed by atoms with E-state index in [1.54, 1.807) is 24.3 Å². The third-order valence-corrected chi connectivity index (χ3v) is 10.00. The monoisotopic (exact) mass is 766 g/mol. The van der Waals surface area contributed by atoms with Crippen molar-refractivity contribution in [3.05, 3.63) is 72.3 Å². The fourth-order valence-corrected chi connectivity index (χ4v) is 7.11. The van der Waals surface area contributed by atoms with E-state index < -0.39 is 30.3 Å². The first kappa shape index (κ1) is 42.3. The van der Waals surface area contributed by atoms with Crippen LogP contribution in [-0.4, -0.2) is 92.4 Å². The average molecular weight is 767 g/mol. The average Bonchev–Trinajstić information content (AvgIpc) is 3.47. The first-order valence-electron chi connectivity index (χ1n) is 19.8. The second-order valence-corrected chi connectivity index (χ2v) is 14.5. The number of allylic oxidation sites excluding steroid dienone is 2. The predicted molar refractivity (Wildman–Crippen MR) is 203 cm³/mol. The van der Waals surface area contributed by atoms with Crippen LogP contribution in [0, 0.1) is 5.92 Å². The van der Waals surface area contributed by atoms with E-state index in [0.29, 0.717) is 44.6 Å². The van der Waals surface area contributed by atoms with E-state index in [2.05, 4.69) is 5.32 Å². The fourth-order valence-electron chi connectivity index (χ4n) is 7.11. The van der Waals surface area contributed by atoms with Crippen LogP contribution in [0.3, 0.4) is 0 Å². The molecule has 0 bridgehead atoms. The molecule has 5 rings (SSSR count). The molecule has 1 aliphatic carbocycles. The normalized spacial score (nSPS) is 25.3. The molecule has 2 amide bonds. The van der Waals surface area contributed by atoms with E-state index in [-0.39, 0.29) is 62.5 Å². The highest BCUT2D eigenvalue weighted by Crippen LogP contribution is 2.36. The number of benzene rings is 2. The van der Waals surface area contributed by atoms with Gasteiger partial charge in [0.2, 0.25) is 11.8 Å². The largest absolute Gasteiger partial charge is 0.491 e. The van der Waals surface area contributed by atoms with Crippen molar-refractivity contribution >= 4 is 17.8 Å². The topological polar surface area (TPSA) is 174 Å². The molecule has 13 nitrogen and oxygen atoms in total. The molecule has 55 heavy (non-hydrogen) atoms. The summed E-state index contributed by atoms with van der Waals surface area (Å²) >= 11 is 0. The van der Waals surface area contributed by atoms with Gasteiger partial charge in [0.1, 0.15) is 30.3 Å². The maximum atomic E-state index is 12.5. The van der Waals surface area contributed by atoms with Gasteiger partial charge < -0.3 is 49.3 Å². The van der Waals surface area contributed by atoms with Crippen LogP contribution in [0.15, 0.2) is 66.7 Å². The Morgan fingerprint density at radius 2 is 1.65 bits per heavy atom. The summed E-state index contributed by atoms with van der Waals surface area (Å²) in [5.74, 6) is -0.401. The van der Waals surface area contributed by atoms with Crippen LogP contribution in [0.25, 0.3) is 0 Å². The Bertz CT molecular complexity index is 1480. The van der Waals surface area contributed by atoms with Gasteiger partial charge in [-0.05, 0) is 87.6 Å². The van der Waals surface area contributed by atoms with E-state index >= 15 is 0 Å². The van der Waals surface area contributed by atoms with Gasteiger partial charge >= 0.3 is 5.97 Å². The molecule has 0 radical (unpaired) electrons. The molecule has 3 aliphatic rings. The fraction of sp³-hybridized carbons (Fsp3) is 0.595. The number of carbonyl (C=O) groups is 3. The van der Waals surface area contributed by atoms with Crippen molar-refractivity contribution in [2.24, 2.45) is 11.7 Å². The number of ether oxygens (including phenoxy) is 7. The van der Waals surface area contributed by atoms with Gasteiger partial charge in [-0.1, -0.05) is 42.5 Å². The lowest BCUT2D eigenvalue weighted by molar-refractivity contribution is -0.226. The van der Waals surface area contributed by atoms with Crippen LogP contribution in [0.4, 0.5) is 0 Å². The van der Waals surface area contributed by atoms with E-state index in [1.807, 2.05) is 42.5 Å². The Morgan fingerprint density at radius 1 is 0.927 bits per heavy atom. The van der Waals surface area contributed by atoms with E-state index in [4.69, 9.17) is 38.9 Å². The molecule has 13 heteroatoms. The summed E-state index contributed by atoms with van der Waals surface area (Å²) in [4.78, 5) is 35.6. The van der Waals surface area contributed by atoms with Gasteiger partial charge in [0.25, 0.3) is 0 Å². The first-order valence-corrected chi connectivity index (χ1v) is 19.8. The smallest absolute Gasteiger partial charge is 0.311 e. The molecule has 1 saturated carbocycles. The maximum Gasteiger partial charge on any atom is 0.311 e. The number of aliphatic hydroxyl groups excluding tert-OH is 1. The standard InChI is InChI=1S/C42H58N2O11/c1-29(45)44-35(42(43)48)25-30-19-21-32(22-20-30)53-38(47)16-8-3-2-7-15-34-36(46)26-37(55-40-18-10-12-24-50-40)41(34)52-28-33(54-39-17-9-11-23-49-39)27-51-31-13-5-4-6-14-31/h2,4-7,13-14,19-22,33-37,39-41,46H,3,8-12,15-18,23-28H2,1H3,(H2,43,48)(H,44,45)/b7-2-/t33?,34-,35?,36-,37+,39?,40-,41+/m0/s1. The summed E-state index contributed by atoms with van der Waals surface area (Å²) in [5.41, 5.74) is 6.16.